The normalized spacial score (nSPS) is 19.7. The van der Waals surface area contributed by atoms with Crippen LogP contribution in [0.5, 0.6) is 0 Å². The van der Waals surface area contributed by atoms with E-state index in [-0.39, 0.29) is 29.6 Å². The molecule has 1 unspecified atom stereocenters. The van der Waals surface area contributed by atoms with Crippen molar-refractivity contribution in [2.24, 2.45) is 0 Å². The Bertz CT molecular complexity index is 815. The highest BCUT2D eigenvalue weighted by Gasteiger charge is 2.39. The standard InChI is InChI=1S/C20H27N3O6/c1-20(2,3)29-19(25)22-10-9-21(12-17(22)18(24)28-4)14-7-8-16(23(26)27)15(11-14)13-5-6-13/h7-8,11,13,17H,5-6,9-10,12H2,1-4H3. The Morgan fingerprint density at radius 2 is 1.90 bits per heavy atom. The second-order valence-corrected chi connectivity index (χ2v) is 8.43. The van der Waals surface area contributed by atoms with E-state index in [4.69, 9.17) is 9.47 Å². The van der Waals surface area contributed by atoms with Crippen LogP contribution in [0.4, 0.5) is 16.2 Å². The third-order valence-electron chi connectivity index (χ3n) is 5.07. The van der Waals surface area contributed by atoms with E-state index >= 15 is 0 Å². The molecule has 1 aliphatic heterocycles. The molecular formula is C20H27N3O6. The van der Waals surface area contributed by atoms with Gasteiger partial charge in [-0.2, -0.15) is 0 Å². The monoisotopic (exact) mass is 405 g/mol. The van der Waals surface area contributed by atoms with Crippen molar-refractivity contribution >= 4 is 23.4 Å². The number of rotatable bonds is 4. The molecule has 1 aromatic carbocycles. The predicted octanol–water partition coefficient (Wildman–Crippen LogP) is 3.07. The number of carbonyl (C=O) groups excluding carboxylic acids is 2. The van der Waals surface area contributed by atoms with Crippen molar-refractivity contribution in [1.82, 2.24) is 4.90 Å². The minimum absolute atomic E-state index is 0.133. The Labute approximate surface area is 169 Å². The summed E-state index contributed by atoms with van der Waals surface area (Å²) in [5, 5.41) is 11.3. The summed E-state index contributed by atoms with van der Waals surface area (Å²) in [5.41, 5.74) is 0.993. The Morgan fingerprint density at radius 3 is 2.45 bits per heavy atom. The van der Waals surface area contributed by atoms with Crippen molar-refractivity contribution in [1.29, 1.82) is 0 Å². The molecule has 0 bridgehead atoms. The van der Waals surface area contributed by atoms with E-state index in [2.05, 4.69) is 0 Å². The highest BCUT2D eigenvalue weighted by molar-refractivity contribution is 5.83. The molecule has 1 amide bonds. The first-order valence-electron chi connectivity index (χ1n) is 9.71. The molecule has 2 fully saturated rings. The molecule has 29 heavy (non-hydrogen) atoms. The average molecular weight is 405 g/mol. The van der Waals surface area contributed by atoms with E-state index in [1.807, 2.05) is 11.0 Å². The molecule has 158 valence electrons. The van der Waals surface area contributed by atoms with Gasteiger partial charge in [0.15, 0.2) is 6.04 Å². The molecular weight excluding hydrogens is 378 g/mol. The quantitative estimate of drug-likeness (QED) is 0.431. The summed E-state index contributed by atoms with van der Waals surface area (Å²) in [7, 11) is 1.28. The fourth-order valence-electron chi connectivity index (χ4n) is 3.52. The van der Waals surface area contributed by atoms with Crippen LogP contribution < -0.4 is 4.90 Å². The van der Waals surface area contributed by atoms with E-state index in [1.165, 1.54) is 18.1 Å². The predicted molar refractivity (Wildman–Crippen MR) is 106 cm³/mol. The van der Waals surface area contributed by atoms with E-state index in [0.29, 0.717) is 6.54 Å². The number of esters is 1. The third kappa shape index (κ3) is 4.78. The van der Waals surface area contributed by atoms with E-state index in [9.17, 15) is 19.7 Å². The van der Waals surface area contributed by atoms with E-state index in [1.54, 1.807) is 26.8 Å². The molecule has 9 heteroatoms. The van der Waals surface area contributed by atoms with Gasteiger partial charge in [0.25, 0.3) is 5.69 Å². The van der Waals surface area contributed by atoms with Gasteiger partial charge in [0, 0.05) is 37.0 Å². The molecule has 1 heterocycles. The van der Waals surface area contributed by atoms with Crippen LogP contribution in [0.1, 0.15) is 45.1 Å². The summed E-state index contributed by atoms with van der Waals surface area (Å²) in [5.74, 6) is -0.306. The lowest BCUT2D eigenvalue weighted by atomic mass is 10.1. The number of nitro groups is 1. The summed E-state index contributed by atoms with van der Waals surface area (Å²) >= 11 is 0. The topological polar surface area (TPSA) is 102 Å². The molecule has 0 spiro atoms. The molecule has 1 aliphatic carbocycles. The zero-order valence-electron chi connectivity index (χ0n) is 17.2. The lowest BCUT2D eigenvalue weighted by molar-refractivity contribution is -0.385. The van der Waals surface area contributed by atoms with Gasteiger partial charge >= 0.3 is 12.1 Å². The van der Waals surface area contributed by atoms with Crippen LogP contribution in [-0.2, 0) is 14.3 Å². The van der Waals surface area contributed by atoms with Gasteiger partial charge in [-0.25, -0.2) is 9.59 Å². The maximum atomic E-state index is 12.6. The van der Waals surface area contributed by atoms with Crippen LogP contribution in [0.3, 0.4) is 0 Å². The summed E-state index contributed by atoms with van der Waals surface area (Å²) in [6.45, 7) is 6.30. The number of carbonyl (C=O) groups is 2. The number of nitrogens with zero attached hydrogens (tertiary/aromatic N) is 3. The molecule has 9 nitrogen and oxygen atoms in total. The zero-order chi connectivity index (χ0) is 21.3. The largest absolute Gasteiger partial charge is 0.467 e. The van der Waals surface area contributed by atoms with Gasteiger partial charge in [-0.3, -0.25) is 15.0 Å². The van der Waals surface area contributed by atoms with Crippen LogP contribution in [0.25, 0.3) is 0 Å². The molecule has 1 saturated heterocycles. The van der Waals surface area contributed by atoms with Crippen molar-refractivity contribution in [2.75, 3.05) is 31.6 Å². The Kier molecular flexibility index (Phi) is 5.68. The van der Waals surface area contributed by atoms with Crippen LogP contribution in [0.2, 0.25) is 0 Å². The number of piperazine rings is 1. The molecule has 0 aromatic heterocycles. The molecule has 3 rings (SSSR count). The van der Waals surface area contributed by atoms with Crippen molar-refractivity contribution in [2.45, 2.75) is 51.2 Å². The third-order valence-corrected chi connectivity index (χ3v) is 5.07. The summed E-state index contributed by atoms with van der Waals surface area (Å²) in [6, 6.07) is 4.24. The van der Waals surface area contributed by atoms with E-state index in [0.717, 1.165) is 24.1 Å². The summed E-state index contributed by atoms with van der Waals surface area (Å²) in [4.78, 5) is 39.2. The number of ether oxygens (including phenoxy) is 2. The van der Waals surface area contributed by atoms with Crippen molar-refractivity contribution in [3.8, 4) is 0 Å². The molecule has 1 aromatic rings. The first-order valence-corrected chi connectivity index (χ1v) is 9.71. The maximum absolute atomic E-state index is 12.6. The van der Waals surface area contributed by atoms with Gasteiger partial charge < -0.3 is 14.4 Å². The molecule has 1 atom stereocenters. The van der Waals surface area contributed by atoms with Gasteiger partial charge in [0.1, 0.15) is 5.60 Å². The van der Waals surface area contributed by atoms with Crippen LogP contribution in [0, 0.1) is 10.1 Å². The summed E-state index contributed by atoms with van der Waals surface area (Å²) in [6.07, 6.45) is 1.33. The van der Waals surface area contributed by atoms with Crippen LogP contribution >= 0.6 is 0 Å². The Balaban J connectivity index is 1.83. The number of nitro benzene ring substituents is 1. The van der Waals surface area contributed by atoms with Crippen molar-refractivity contribution < 1.29 is 24.0 Å². The molecule has 0 N–H and O–H groups in total. The van der Waals surface area contributed by atoms with Crippen LogP contribution in [-0.4, -0.2) is 60.3 Å². The molecule has 2 aliphatic rings. The molecule has 0 radical (unpaired) electrons. The Morgan fingerprint density at radius 1 is 1.21 bits per heavy atom. The number of anilines is 1. The Hall–Kier alpha value is -2.84. The smallest absolute Gasteiger partial charge is 0.411 e. The van der Waals surface area contributed by atoms with E-state index < -0.39 is 23.7 Å². The fraction of sp³-hybridized carbons (Fsp3) is 0.600. The minimum atomic E-state index is -0.817. The number of methoxy groups -OCH3 is 1. The number of benzene rings is 1. The second kappa shape index (κ2) is 7.88. The molecule has 1 saturated carbocycles. The lowest BCUT2D eigenvalue weighted by Gasteiger charge is -2.41. The second-order valence-electron chi connectivity index (χ2n) is 8.43. The number of hydrogen-bond acceptors (Lipinski definition) is 7. The maximum Gasteiger partial charge on any atom is 0.411 e. The summed E-state index contributed by atoms with van der Waals surface area (Å²) < 4.78 is 10.3. The number of amides is 1. The highest BCUT2D eigenvalue weighted by atomic mass is 16.6. The lowest BCUT2D eigenvalue weighted by Crippen LogP contribution is -2.59. The van der Waals surface area contributed by atoms with Gasteiger partial charge in [-0.05, 0) is 51.7 Å². The van der Waals surface area contributed by atoms with Crippen molar-refractivity contribution in [3.05, 3.63) is 33.9 Å². The average Bonchev–Trinajstić information content (AvgIpc) is 3.50. The van der Waals surface area contributed by atoms with Gasteiger partial charge in [-0.1, -0.05) is 0 Å². The minimum Gasteiger partial charge on any atom is -0.467 e. The highest BCUT2D eigenvalue weighted by Crippen LogP contribution is 2.45. The zero-order valence-corrected chi connectivity index (χ0v) is 17.2. The number of hydrogen-bond donors (Lipinski definition) is 0. The van der Waals surface area contributed by atoms with Gasteiger partial charge in [-0.15, -0.1) is 0 Å². The first-order chi connectivity index (χ1) is 13.6. The van der Waals surface area contributed by atoms with Crippen molar-refractivity contribution in [3.63, 3.8) is 0 Å². The van der Waals surface area contributed by atoms with Crippen LogP contribution in [0.15, 0.2) is 18.2 Å². The fourth-order valence-corrected chi connectivity index (χ4v) is 3.52. The van der Waals surface area contributed by atoms with Gasteiger partial charge in [0.05, 0.1) is 12.0 Å². The first kappa shape index (κ1) is 20.9. The SMILES string of the molecule is COC(=O)C1CN(c2ccc([N+](=O)[O-])c(C3CC3)c2)CCN1C(=O)OC(C)(C)C. The van der Waals surface area contributed by atoms with Gasteiger partial charge in [0.2, 0.25) is 0 Å².